The molecule has 4 heteroatoms. The van der Waals surface area contributed by atoms with Crippen LogP contribution in [-0.4, -0.2) is 10.9 Å². The van der Waals surface area contributed by atoms with E-state index in [1.54, 1.807) is 0 Å². The lowest BCUT2D eigenvalue weighted by Gasteiger charge is -2.33. The third-order valence-electron chi connectivity index (χ3n) is 5.41. The van der Waals surface area contributed by atoms with Crippen LogP contribution in [0.2, 0.25) is 0 Å². The summed E-state index contributed by atoms with van der Waals surface area (Å²) in [4.78, 5) is 18.1. The van der Waals surface area contributed by atoms with E-state index in [0.717, 1.165) is 26.9 Å². The van der Waals surface area contributed by atoms with Crippen LogP contribution in [0, 0.1) is 12.3 Å². The molecule has 146 valence electrons. The van der Waals surface area contributed by atoms with E-state index in [1.807, 2.05) is 75.4 Å². The van der Waals surface area contributed by atoms with Crippen molar-refractivity contribution in [3.63, 3.8) is 0 Å². The van der Waals surface area contributed by atoms with Crippen molar-refractivity contribution < 1.29 is 4.79 Å². The summed E-state index contributed by atoms with van der Waals surface area (Å²) in [7, 11) is 0. The first kappa shape index (κ1) is 19.3. The molecule has 1 amide bonds. The number of aromatic nitrogens is 1. The van der Waals surface area contributed by atoms with Gasteiger partial charge in [-0.3, -0.25) is 4.79 Å². The number of carbonyl (C=O) groups is 1. The van der Waals surface area contributed by atoms with E-state index in [1.165, 1.54) is 11.3 Å². The quantitative estimate of drug-likeness (QED) is 0.421. The standard InChI is InChI=1S/C25H24N2OS/c1-17-11-10-16-20-22(17)26-24(29-20)27-23(28)25(2,3)21(18-12-6-4-7-13-18)19-14-8-5-9-15-19/h4-16,21H,1-3H3,(H,26,27,28). The van der Waals surface area contributed by atoms with Crippen LogP contribution in [0.4, 0.5) is 5.13 Å². The Morgan fingerprint density at radius 2 is 1.48 bits per heavy atom. The maximum absolute atomic E-state index is 13.4. The monoisotopic (exact) mass is 400 g/mol. The molecule has 0 fully saturated rings. The van der Waals surface area contributed by atoms with Gasteiger partial charge in [-0.25, -0.2) is 4.98 Å². The van der Waals surface area contributed by atoms with Gasteiger partial charge in [0.25, 0.3) is 0 Å². The van der Waals surface area contributed by atoms with E-state index in [9.17, 15) is 4.79 Å². The Labute approximate surface area is 175 Å². The van der Waals surface area contributed by atoms with E-state index < -0.39 is 5.41 Å². The number of nitrogens with one attached hydrogen (secondary N) is 1. The molecule has 0 radical (unpaired) electrons. The molecule has 0 spiro atoms. The number of thiazole rings is 1. The van der Waals surface area contributed by atoms with Crippen LogP contribution >= 0.6 is 11.3 Å². The molecule has 3 nitrogen and oxygen atoms in total. The predicted octanol–water partition coefficient (Wildman–Crippen LogP) is 6.40. The number of para-hydroxylation sites is 1. The van der Waals surface area contributed by atoms with Crippen LogP contribution in [0.25, 0.3) is 10.2 Å². The second-order valence-corrected chi connectivity index (χ2v) is 8.90. The SMILES string of the molecule is Cc1cccc2sc(NC(=O)C(C)(C)C(c3ccccc3)c3ccccc3)nc12. The second kappa shape index (κ2) is 7.80. The molecule has 0 unspecified atom stereocenters. The van der Waals surface area contributed by atoms with Crippen LogP contribution in [0.1, 0.15) is 36.5 Å². The molecule has 1 N–H and O–H groups in total. The van der Waals surface area contributed by atoms with Gasteiger partial charge in [0.15, 0.2) is 5.13 Å². The molecule has 0 aliphatic heterocycles. The topological polar surface area (TPSA) is 42.0 Å². The predicted molar refractivity (Wildman–Crippen MR) is 121 cm³/mol. The molecule has 3 aromatic carbocycles. The molecule has 1 heterocycles. The maximum atomic E-state index is 13.4. The minimum Gasteiger partial charge on any atom is -0.301 e. The highest BCUT2D eigenvalue weighted by Gasteiger charge is 2.39. The van der Waals surface area contributed by atoms with Gasteiger partial charge in [-0.1, -0.05) is 98.0 Å². The highest BCUT2D eigenvalue weighted by Crippen LogP contribution is 2.42. The number of amides is 1. The van der Waals surface area contributed by atoms with Gasteiger partial charge in [0, 0.05) is 5.92 Å². The molecule has 29 heavy (non-hydrogen) atoms. The van der Waals surface area contributed by atoms with Gasteiger partial charge in [-0.05, 0) is 29.7 Å². The summed E-state index contributed by atoms with van der Waals surface area (Å²) >= 11 is 1.52. The largest absolute Gasteiger partial charge is 0.301 e. The third-order valence-corrected chi connectivity index (χ3v) is 6.35. The third kappa shape index (κ3) is 3.81. The summed E-state index contributed by atoms with van der Waals surface area (Å²) in [5.74, 6) is -0.104. The van der Waals surface area contributed by atoms with Crippen LogP contribution in [-0.2, 0) is 4.79 Å². The summed E-state index contributed by atoms with van der Waals surface area (Å²) in [5.41, 5.74) is 3.64. The zero-order valence-electron chi connectivity index (χ0n) is 16.8. The number of carbonyl (C=O) groups excluding carboxylic acids is 1. The molecule has 0 saturated heterocycles. The highest BCUT2D eigenvalue weighted by atomic mass is 32.1. The Hall–Kier alpha value is -2.98. The van der Waals surface area contributed by atoms with Crippen LogP contribution < -0.4 is 5.32 Å². The van der Waals surface area contributed by atoms with Gasteiger partial charge < -0.3 is 5.32 Å². The van der Waals surface area contributed by atoms with Crippen molar-refractivity contribution in [2.24, 2.45) is 5.41 Å². The lowest BCUT2D eigenvalue weighted by atomic mass is 9.70. The van der Waals surface area contributed by atoms with Crippen LogP contribution in [0.5, 0.6) is 0 Å². The van der Waals surface area contributed by atoms with Crippen molar-refractivity contribution in [3.05, 3.63) is 95.6 Å². The maximum Gasteiger partial charge on any atom is 0.232 e. The van der Waals surface area contributed by atoms with Gasteiger partial charge in [-0.2, -0.15) is 0 Å². The summed E-state index contributed by atoms with van der Waals surface area (Å²) in [6, 6.07) is 26.6. The zero-order valence-corrected chi connectivity index (χ0v) is 17.7. The number of nitrogens with zero attached hydrogens (tertiary/aromatic N) is 1. The molecule has 0 atom stereocenters. The average Bonchev–Trinajstić information content (AvgIpc) is 3.13. The minimum atomic E-state index is -0.671. The van der Waals surface area contributed by atoms with E-state index in [-0.39, 0.29) is 11.8 Å². The lowest BCUT2D eigenvalue weighted by molar-refractivity contribution is -0.124. The number of benzene rings is 3. The molecular weight excluding hydrogens is 376 g/mol. The van der Waals surface area contributed by atoms with Crippen molar-refractivity contribution in [2.75, 3.05) is 5.32 Å². The first-order chi connectivity index (χ1) is 14.0. The van der Waals surface area contributed by atoms with Crippen LogP contribution in [0.3, 0.4) is 0 Å². The number of hydrogen-bond donors (Lipinski definition) is 1. The summed E-state index contributed by atoms with van der Waals surface area (Å²) in [6.07, 6.45) is 0. The number of fused-ring (bicyclic) bond motifs is 1. The Morgan fingerprint density at radius 3 is 2.03 bits per heavy atom. The molecule has 0 bridgehead atoms. The van der Waals surface area contributed by atoms with E-state index in [0.29, 0.717) is 5.13 Å². The van der Waals surface area contributed by atoms with Gasteiger partial charge in [0.05, 0.1) is 15.6 Å². The highest BCUT2D eigenvalue weighted by molar-refractivity contribution is 7.22. The fraction of sp³-hybridized carbons (Fsp3) is 0.200. The normalized spacial score (nSPS) is 11.7. The first-order valence-corrected chi connectivity index (χ1v) is 10.6. The number of aryl methyl sites for hydroxylation is 1. The van der Waals surface area contributed by atoms with Gasteiger partial charge in [0.1, 0.15) is 0 Å². The smallest absolute Gasteiger partial charge is 0.232 e. The molecule has 0 saturated carbocycles. The Bertz CT molecular complexity index is 1090. The Kier molecular flexibility index (Phi) is 5.20. The van der Waals surface area contributed by atoms with Gasteiger partial charge >= 0.3 is 0 Å². The fourth-order valence-electron chi connectivity index (χ4n) is 3.85. The minimum absolute atomic E-state index is 0.0353. The molecular formula is C25H24N2OS. The first-order valence-electron chi connectivity index (χ1n) is 9.74. The number of hydrogen-bond acceptors (Lipinski definition) is 3. The summed E-state index contributed by atoms with van der Waals surface area (Å²) in [5, 5.41) is 3.73. The zero-order chi connectivity index (χ0) is 20.4. The molecule has 4 aromatic rings. The second-order valence-electron chi connectivity index (χ2n) is 7.87. The molecule has 1 aromatic heterocycles. The van der Waals surface area contributed by atoms with Gasteiger partial charge in [0.2, 0.25) is 5.91 Å². The van der Waals surface area contributed by atoms with Crippen molar-refractivity contribution in [2.45, 2.75) is 26.7 Å². The molecule has 0 aliphatic carbocycles. The van der Waals surface area contributed by atoms with Crippen molar-refractivity contribution in [1.82, 2.24) is 4.98 Å². The summed E-state index contributed by atoms with van der Waals surface area (Å²) in [6.45, 7) is 6.05. The van der Waals surface area contributed by atoms with Crippen molar-refractivity contribution in [3.8, 4) is 0 Å². The van der Waals surface area contributed by atoms with Crippen LogP contribution in [0.15, 0.2) is 78.9 Å². The summed E-state index contributed by atoms with van der Waals surface area (Å²) < 4.78 is 1.08. The number of anilines is 1. The molecule has 0 aliphatic rings. The van der Waals surface area contributed by atoms with Crippen molar-refractivity contribution in [1.29, 1.82) is 0 Å². The van der Waals surface area contributed by atoms with Crippen molar-refractivity contribution >= 4 is 32.6 Å². The average molecular weight is 401 g/mol. The van der Waals surface area contributed by atoms with E-state index in [4.69, 9.17) is 0 Å². The number of rotatable bonds is 5. The Morgan fingerprint density at radius 1 is 0.897 bits per heavy atom. The van der Waals surface area contributed by atoms with E-state index in [2.05, 4.69) is 34.6 Å². The Balaban J connectivity index is 1.69. The molecule has 4 rings (SSSR count). The fourth-order valence-corrected chi connectivity index (χ4v) is 4.78. The van der Waals surface area contributed by atoms with E-state index >= 15 is 0 Å². The van der Waals surface area contributed by atoms with Gasteiger partial charge in [-0.15, -0.1) is 0 Å². The lowest BCUT2D eigenvalue weighted by Crippen LogP contribution is -2.37.